The maximum atomic E-state index is 13.0. The van der Waals surface area contributed by atoms with Crippen molar-refractivity contribution in [3.8, 4) is 5.75 Å². The van der Waals surface area contributed by atoms with Crippen LogP contribution in [-0.4, -0.2) is 67.1 Å². The number of hydrogen-bond acceptors (Lipinski definition) is 3. The van der Waals surface area contributed by atoms with Gasteiger partial charge in [-0.2, -0.15) is 0 Å². The molecule has 0 atom stereocenters. The highest BCUT2D eigenvalue weighted by atomic mass is 79.9. The fraction of sp³-hybridized carbons (Fsp3) is 0.533. The van der Waals surface area contributed by atoms with E-state index in [0.717, 1.165) is 56.6 Å². The lowest BCUT2D eigenvalue weighted by molar-refractivity contribution is -0.928. The fourth-order valence-corrected chi connectivity index (χ4v) is 4.87. The number of piperazine rings is 1. The first-order valence-corrected chi connectivity index (χ1v) is 13.8. The lowest BCUT2D eigenvalue weighted by atomic mass is 10.1. The molecule has 0 bridgehead atoms. The number of likely N-dealkylation sites (N-methyl/N-ethyl adjacent to an activating group) is 1. The average molecular weight is 575 g/mol. The maximum absolute atomic E-state index is 13.0. The molecule has 0 spiro atoms. The molecule has 1 aliphatic heterocycles. The summed E-state index contributed by atoms with van der Waals surface area (Å²) in [5, 5.41) is 2.95. The Morgan fingerprint density at radius 2 is 1.49 bits per heavy atom. The van der Waals surface area contributed by atoms with E-state index < -0.39 is 0 Å². The molecule has 0 aliphatic carbocycles. The van der Waals surface area contributed by atoms with Crippen LogP contribution in [0.15, 0.2) is 48.5 Å². The van der Waals surface area contributed by atoms with Crippen LogP contribution in [0.4, 0.5) is 5.69 Å². The highest BCUT2D eigenvalue weighted by Gasteiger charge is 2.32. The van der Waals surface area contributed by atoms with Gasteiger partial charge in [0.1, 0.15) is 5.75 Å². The second kappa shape index (κ2) is 15.8. The molecule has 1 fully saturated rings. The predicted octanol–water partition coefficient (Wildman–Crippen LogP) is 2.99. The van der Waals surface area contributed by atoms with Gasteiger partial charge in [0.25, 0.3) is 11.8 Å². The topological polar surface area (TPSA) is 58.6 Å². The third-order valence-corrected chi connectivity index (χ3v) is 7.59. The van der Waals surface area contributed by atoms with Crippen molar-refractivity contribution >= 4 is 17.5 Å². The molecule has 7 heteroatoms. The minimum atomic E-state index is -0.211. The van der Waals surface area contributed by atoms with Gasteiger partial charge in [-0.1, -0.05) is 51.2 Å². The lowest BCUT2D eigenvalue weighted by Gasteiger charge is -2.43. The minimum absolute atomic E-state index is 0. The van der Waals surface area contributed by atoms with E-state index >= 15 is 0 Å². The number of carbonyl (C=O) groups excluding carboxylic acids is 2. The Morgan fingerprint density at radius 1 is 0.865 bits per heavy atom. The SMILES string of the molecule is CCCCCCCCOc1ccccc1C(=O)Nc1ccc(C(=O)N2CC[N+](CC)(CC)CC2)cc1.[Br-]. The summed E-state index contributed by atoms with van der Waals surface area (Å²) in [6.07, 6.45) is 7.17. The minimum Gasteiger partial charge on any atom is -1.00 e. The lowest BCUT2D eigenvalue weighted by Crippen LogP contribution is -3.00. The van der Waals surface area contributed by atoms with Crippen LogP contribution in [0.5, 0.6) is 5.75 Å². The predicted molar refractivity (Wildman–Crippen MR) is 147 cm³/mol. The Labute approximate surface area is 233 Å². The number of halogens is 1. The summed E-state index contributed by atoms with van der Waals surface area (Å²) in [5.41, 5.74) is 1.84. The molecule has 0 saturated carbocycles. The van der Waals surface area contributed by atoms with E-state index in [0.29, 0.717) is 29.2 Å². The van der Waals surface area contributed by atoms with Gasteiger partial charge in [-0.3, -0.25) is 9.59 Å². The molecule has 3 rings (SSSR count). The first-order valence-electron chi connectivity index (χ1n) is 13.8. The molecule has 204 valence electrons. The highest BCUT2D eigenvalue weighted by Crippen LogP contribution is 2.21. The van der Waals surface area contributed by atoms with Gasteiger partial charge in [0, 0.05) is 11.3 Å². The third-order valence-electron chi connectivity index (χ3n) is 7.59. The molecule has 2 aromatic carbocycles. The number of carbonyl (C=O) groups is 2. The number of ether oxygens (including phenoxy) is 1. The van der Waals surface area contributed by atoms with E-state index in [1.165, 1.54) is 25.7 Å². The Balaban J connectivity index is 0.00000481. The summed E-state index contributed by atoms with van der Waals surface area (Å²) < 4.78 is 7.02. The van der Waals surface area contributed by atoms with Crippen LogP contribution < -0.4 is 27.0 Å². The molecule has 1 aliphatic rings. The Morgan fingerprint density at radius 3 is 2.14 bits per heavy atom. The number of amides is 2. The summed E-state index contributed by atoms with van der Waals surface area (Å²) >= 11 is 0. The van der Waals surface area contributed by atoms with Gasteiger partial charge in [-0.05, 0) is 56.7 Å². The van der Waals surface area contributed by atoms with Gasteiger partial charge in [0.15, 0.2) is 0 Å². The number of unbranched alkanes of at least 4 members (excludes halogenated alkanes) is 5. The Hall–Kier alpha value is -2.38. The zero-order valence-corrected chi connectivity index (χ0v) is 24.4. The summed E-state index contributed by atoms with van der Waals surface area (Å²) in [5.74, 6) is 0.456. The van der Waals surface area contributed by atoms with Crippen molar-refractivity contribution in [2.24, 2.45) is 0 Å². The average Bonchev–Trinajstić information content (AvgIpc) is 2.93. The number of rotatable bonds is 13. The van der Waals surface area contributed by atoms with E-state index in [1.54, 1.807) is 30.3 Å². The largest absolute Gasteiger partial charge is 1.00 e. The number of para-hydroxylation sites is 1. The van der Waals surface area contributed by atoms with Gasteiger partial charge < -0.3 is 36.4 Å². The molecule has 6 nitrogen and oxygen atoms in total. The number of nitrogens with zero attached hydrogens (tertiary/aromatic N) is 2. The van der Waals surface area contributed by atoms with E-state index in [2.05, 4.69) is 26.1 Å². The van der Waals surface area contributed by atoms with Crippen molar-refractivity contribution in [1.82, 2.24) is 4.90 Å². The maximum Gasteiger partial charge on any atom is 0.259 e. The molecule has 2 amide bonds. The van der Waals surface area contributed by atoms with Crippen LogP contribution in [0.3, 0.4) is 0 Å². The summed E-state index contributed by atoms with van der Waals surface area (Å²) in [7, 11) is 0. The van der Waals surface area contributed by atoms with E-state index in [4.69, 9.17) is 4.74 Å². The van der Waals surface area contributed by atoms with E-state index in [1.807, 2.05) is 23.1 Å². The summed E-state index contributed by atoms with van der Waals surface area (Å²) in [4.78, 5) is 27.9. The number of hydrogen-bond donors (Lipinski definition) is 1. The van der Waals surface area contributed by atoms with Crippen LogP contribution in [0.2, 0.25) is 0 Å². The van der Waals surface area contributed by atoms with Crippen molar-refractivity contribution in [2.45, 2.75) is 59.3 Å². The highest BCUT2D eigenvalue weighted by molar-refractivity contribution is 6.06. The van der Waals surface area contributed by atoms with Gasteiger partial charge >= 0.3 is 0 Å². The van der Waals surface area contributed by atoms with E-state index in [-0.39, 0.29) is 28.8 Å². The van der Waals surface area contributed by atoms with Crippen molar-refractivity contribution < 1.29 is 35.8 Å². The van der Waals surface area contributed by atoms with Crippen molar-refractivity contribution in [2.75, 3.05) is 51.2 Å². The summed E-state index contributed by atoms with van der Waals surface area (Å²) in [6, 6.07) is 14.6. The van der Waals surface area contributed by atoms with E-state index in [9.17, 15) is 9.59 Å². The van der Waals surface area contributed by atoms with Gasteiger partial charge in [-0.15, -0.1) is 0 Å². The molecule has 37 heavy (non-hydrogen) atoms. The smallest absolute Gasteiger partial charge is 0.259 e. The molecule has 1 heterocycles. The molecule has 0 aromatic heterocycles. The van der Waals surface area contributed by atoms with Crippen LogP contribution in [0, 0.1) is 0 Å². The summed E-state index contributed by atoms with van der Waals surface area (Å²) in [6.45, 7) is 13.1. The fourth-order valence-electron chi connectivity index (χ4n) is 4.87. The number of quaternary nitrogens is 1. The zero-order valence-electron chi connectivity index (χ0n) is 22.8. The first-order chi connectivity index (χ1) is 17.5. The van der Waals surface area contributed by atoms with Crippen LogP contribution >= 0.6 is 0 Å². The number of nitrogens with one attached hydrogen (secondary N) is 1. The van der Waals surface area contributed by atoms with Gasteiger partial charge in [0.05, 0.1) is 51.4 Å². The molecule has 1 N–H and O–H groups in total. The first kappa shape index (κ1) is 30.8. The van der Waals surface area contributed by atoms with Crippen LogP contribution in [0.1, 0.15) is 80.0 Å². The molecular weight excluding hydrogens is 530 g/mol. The zero-order chi connectivity index (χ0) is 25.8. The molecule has 0 unspecified atom stereocenters. The number of anilines is 1. The van der Waals surface area contributed by atoms with Crippen molar-refractivity contribution in [3.05, 3.63) is 59.7 Å². The Bertz CT molecular complexity index is 966. The molecule has 2 aromatic rings. The van der Waals surface area contributed by atoms with Crippen LogP contribution in [0.25, 0.3) is 0 Å². The van der Waals surface area contributed by atoms with Crippen molar-refractivity contribution in [3.63, 3.8) is 0 Å². The third kappa shape index (κ3) is 8.85. The monoisotopic (exact) mass is 573 g/mol. The number of benzene rings is 2. The standard InChI is InChI=1S/C30H43N3O3.BrH/c1-4-7-8-9-10-13-24-36-28-15-12-11-14-27(28)29(34)31-26-18-16-25(17-19-26)30(35)32-20-22-33(5-2,6-3)23-21-32;/h11-12,14-19H,4-10,13,20-24H2,1-3H3;1H. The van der Waals surface area contributed by atoms with Crippen molar-refractivity contribution in [1.29, 1.82) is 0 Å². The molecule has 1 saturated heterocycles. The van der Waals surface area contributed by atoms with Gasteiger partial charge in [0.2, 0.25) is 0 Å². The van der Waals surface area contributed by atoms with Crippen LogP contribution in [-0.2, 0) is 0 Å². The quantitative estimate of drug-likeness (QED) is 0.296. The van der Waals surface area contributed by atoms with Gasteiger partial charge in [-0.25, -0.2) is 0 Å². The normalized spacial score (nSPS) is 14.5. The second-order valence-electron chi connectivity index (χ2n) is 9.86. The molecule has 0 radical (unpaired) electrons. The Kier molecular flexibility index (Phi) is 13.1. The second-order valence-corrected chi connectivity index (χ2v) is 9.86. The molecular formula is C30H44BrN3O3.